The number of ether oxygens (including phenoxy) is 1. The number of pyridine rings is 1. The fourth-order valence-electron chi connectivity index (χ4n) is 2.39. The monoisotopic (exact) mass is 347 g/mol. The van der Waals surface area contributed by atoms with Crippen molar-refractivity contribution in [2.75, 3.05) is 25.1 Å². The third kappa shape index (κ3) is 3.83. The van der Waals surface area contributed by atoms with E-state index >= 15 is 0 Å². The van der Waals surface area contributed by atoms with E-state index in [-0.39, 0.29) is 30.8 Å². The third-order valence-electron chi connectivity index (χ3n) is 3.73. The lowest BCUT2D eigenvalue weighted by Crippen LogP contribution is -2.35. The van der Waals surface area contributed by atoms with Gasteiger partial charge in [-0.2, -0.15) is 0 Å². The van der Waals surface area contributed by atoms with Gasteiger partial charge in [-0.05, 0) is 36.2 Å². The first kappa shape index (κ1) is 17.7. The molecule has 24 heavy (non-hydrogen) atoms. The number of carbonyl (C=O) groups excluding carboxylic acids is 2. The lowest BCUT2D eigenvalue weighted by atomic mass is 10.1. The van der Waals surface area contributed by atoms with E-state index in [1.807, 2.05) is 18.2 Å². The molecular formula is C17H18ClN3O3. The van der Waals surface area contributed by atoms with Gasteiger partial charge in [-0.25, -0.2) is 0 Å². The number of anilines is 1. The van der Waals surface area contributed by atoms with Crippen LogP contribution < -0.4 is 15.0 Å². The average molecular weight is 348 g/mol. The van der Waals surface area contributed by atoms with Crippen LogP contribution in [0.15, 0.2) is 42.7 Å². The predicted molar refractivity (Wildman–Crippen MR) is 92.9 cm³/mol. The highest BCUT2D eigenvalue weighted by Gasteiger charge is 2.22. The van der Waals surface area contributed by atoms with Crippen molar-refractivity contribution in [2.24, 2.45) is 0 Å². The van der Waals surface area contributed by atoms with E-state index in [4.69, 9.17) is 4.74 Å². The number of nitrogens with one attached hydrogen (secondary N) is 1. The van der Waals surface area contributed by atoms with Crippen LogP contribution in [0.5, 0.6) is 5.75 Å². The molecule has 1 N–H and O–H groups in total. The number of benzene rings is 1. The summed E-state index contributed by atoms with van der Waals surface area (Å²) >= 11 is 0. The van der Waals surface area contributed by atoms with E-state index in [1.54, 1.807) is 30.3 Å². The molecule has 1 aromatic carbocycles. The van der Waals surface area contributed by atoms with Crippen molar-refractivity contribution in [3.63, 3.8) is 0 Å². The summed E-state index contributed by atoms with van der Waals surface area (Å²) in [7, 11) is 1.73. The van der Waals surface area contributed by atoms with Gasteiger partial charge >= 0.3 is 0 Å². The van der Waals surface area contributed by atoms with Crippen LogP contribution >= 0.6 is 12.4 Å². The number of hydrogen-bond acceptors (Lipinski definition) is 4. The molecule has 0 saturated carbocycles. The molecule has 126 valence electrons. The molecule has 2 heterocycles. The van der Waals surface area contributed by atoms with Gasteiger partial charge in [0.15, 0.2) is 6.61 Å². The molecule has 0 fully saturated rings. The zero-order valence-corrected chi connectivity index (χ0v) is 14.0. The van der Waals surface area contributed by atoms with Crippen LogP contribution in [-0.2, 0) is 11.2 Å². The molecule has 0 radical (unpaired) electrons. The van der Waals surface area contributed by atoms with Gasteiger partial charge in [0.2, 0.25) is 0 Å². The SMILES string of the molecule is CN1C(=O)COc2ccc(CCNC(=O)c3cccnc3)cc21.Cl. The molecule has 0 bridgehead atoms. The molecule has 2 amide bonds. The number of amides is 2. The number of nitrogens with zero attached hydrogens (tertiary/aromatic N) is 2. The Morgan fingerprint density at radius 1 is 1.38 bits per heavy atom. The summed E-state index contributed by atoms with van der Waals surface area (Å²) in [6.07, 6.45) is 3.83. The normalized spacial score (nSPS) is 12.7. The second kappa shape index (κ2) is 7.79. The molecule has 0 unspecified atom stereocenters. The number of fused-ring (bicyclic) bond motifs is 1. The summed E-state index contributed by atoms with van der Waals surface area (Å²) < 4.78 is 5.39. The Hall–Kier alpha value is -2.60. The topological polar surface area (TPSA) is 71.5 Å². The van der Waals surface area contributed by atoms with Gasteiger partial charge in [0, 0.05) is 26.0 Å². The van der Waals surface area contributed by atoms with Gasteiger partial charge in [0.1, 0.15) is 5.75 Å². The van der Waals surface area contributed by atoms with E-state index in [2.05, 4.69) is 10.3 Å². The fraction of sp³-hybridized carbons (Fsp3) is 0.235. The summed E-state index contributed by atoms with van der Waals surface area (Å²) in [5.74, 6) is 0.487. The molecule has 7 heteroatoms. The van der Waals surface area contributed by atoms with E-state index in [0.29, 0.717) is 24.3 Å². The molecule has 0 spiro atoms. The Labute approximate surface area is 146 Å². The minimum Gasteiger partial charge on any atom is -0.482 e. The maximum Gasteiger partial charge on any atom is 0.264 e. The van der Waals surface area contributed by atoms with Gasteiger partial charge in [0.05, 0.1) is 11.3 Å². The van der Waals surface area contributed by atoms with Crippen LogP contribution in [0.1, 0.15) is 15.9 Å². The van der Waals surface area contributed by atoms with Gasteiger partial charge < -0.3 is 15.0 Å². The van der Waals surface area contributed by atoms with Gasteiger partial charge in [-0.3, -0.25) is 14.6 Å². The van der Waals surface area contributed by atoms with Crippen molar-refractivity contribution in [3.05, 3.63) is 53.9 Å². The van der Waals surface area contributed by atoms with Crippen molar-refractivity contribution < 1.29 is 14.3 Å². The maximum atomic E-state index is 11.9. The second-order valence-corrected chi connectivity index (χ2v) is 5.29. The Balaban J connectivity index is 0.00000208. The van der Waals surface area contributed by atoms with E-state index in [9.17, 15) is 9.59 Å². The summed E-state index contributed by atoms with van der Waals surface area (Å²) in [4.78, 5) is 29.1. The summed E-state index contributed by atoms with van der Waals surface area (Å²) in [5.41, 5.74) is 2.33. The first-order valence-electron chi connectivity index (χ1n) is 7.35. The smallest absolute Gasteiger partial charge is 0.264 e. The molecule has 3 rings (SSSR count). The quantitative estimate of drug-likeness (QED) is 0.916. The molecule has 0 atom stereocenters. The zero-order chi connectivity index (χ0) is 16.2. The van der Waals surface area contributed by atoms with Crippen molar-refractivity contribution >= 4 is 29.9 Å². The number of aromatic nitrogens is 1. The lowest BCUT2D eigenvalue weighted by Gasteiger charge is -2.26. The fourth-order valence-corrected chi connectivity index (χ4v) is 2.39. The Kier molecular flexibility index (Phi) is 5.76. The molecule has 2 aromatic rings. The van der Waals surface area contributed by atoms with E-state index in [0.717, 1.165) is 11.3 Å². The highest BCUT2D eigenvalue weighted by atomic mass is 35.5. The Morgan fingerprint density at radius 3 is 2.96 bits per heavy atom. The van der Waals surface area contributed by atoms with Crippen LogP contribution in [0.25, 0.3) is 0 Å². The van der Waals surface area contributed by atoms with Crippen LogP contribution in [0.2, 0.25) is 0 Å². The first-order valence-corrected chi connectivity index (χ1v) is 7.35. The standard InChI is InChI=1S/C17H17N3O3.ClH/c1-20-14-9-12(4-5-15(14)23-11-16(20)21)6-8-19-17(22)13-3-2-7-18-10-13;/h2-5,7,9-10H,6,8,11H2,1H3,(H,19,22);1H. The van der Waals surface area contributed by atoms with Crippen molar-refractivity contribution in [1.29, 1.82) is 0 Å². The number of likely N-dealkylation sites (N-methyl/N-ethyl adjacent to an activating group) is 1. The number of halogens is 1. The predicted octanol–water partition coefficient (Wildman–Crippen LogP) is 1.83. The number of hydrogen-bond donors (Lipinski definition) is 1. The molecule has 1 aromatic heterocycles. The van der Waals surface area contributed by atoms with E-state index in [1.165, 1.54) is 6.20 Å². The highest BCUT2D eigenvalue weighted by Crippen LogP contribution is 2.31. The van der Waals surface area contributed by atoms with Crippen molar-refractivity contribution in [3.8, 4) is 5.75 Å². The van der Waals surface area contributed by atoms with E-state index < -0.39 is 0 Å². The minimum atomic E-state index is -0.147. The van der Waals surface area contributed by atoms with Gasteiger partial charge in [-0.1, -0.05) is 6.07 Å². The molecule has 6 nitrogen and oxygen atoms in total. The minimum absolute atomic E-state index is 0. The number of carbonyl (C=O) groups is 2. The van der Waals surface area contributed by atoms with Crippen LogP contribution in [0.3, 0.4) is 0 Å². The molecular weight excluding hydrogens is 330 g/mol. The third-order valence-corrected chi connectivity index (χ3v) is 3.73. The molecule has 0 aliphatic carbocycles. The van der Waals surface area contributed by atoms with Gasteiger partial charge in [-0.15, -0.1) is 12.4 Å². The number of rotatable bonds is 4. The Bertz CT molecular complexity index is 737. The van der Waals surface area contributed by atoms with Crippen LogP contribution in [-0.4, -0.2) is 37.0 Å². The Morgan fingerprint density at radius 2 is 2.21 bits per heavy atom. The van der Waals surface area contributed by atoms with Crippen LogP contribution in [0.4, 0.5) is 5.69 Å². The highest BCUT2D eigenvalue weighted by molar-refractivity contribution is 5.97. The molecule has 1 aliphatic heterocycles. The maximum absolute atomic E-state index is 11.9. The summed E-state index contributed by atoms with van der Waals surface area (Å²) in [5, 5.41) is 2.86. The zero-order valence-electron chi connectivity index (χ0n) is 13.2. The lowest BCUT2D eigenvalue weighted by molar-refractivity contribution is -0.120. The van der Waals surface area contributed by atoms with Crippen LogP contribution in [0, 0.1) is 0 Å². The summed E-state index contributed by atoms with van der Waals surface area (Å²) in [6, 6.07) is 9.17. The first-order chi connectivity index (χ1) is 11.1. The molecule has 0 saturated heterocycles. The average Bonchev–Trinajstić information content (AvgIpc) is 2.59. The molecule has 1 aliphatic rings. The largest absolute Gasteiger partial charge is 0.482 e. The second-order valence-electron chi connectivity index (χ2n) is 5.29. The van der Waals surface area contributed by atoms with Gasteiger partial charge in [0.25, 0.3) is 11.8 Å². The summed E-state index contributed by atoms with van der Waals surface area (Å²) in [6.45, 7) is 0.578. The van der Waals surface area contributed by atoms with Crippen molar-refractivity contribution in [1.82, 2.24) is 10.3 Å². The van der Waals surface area contributed by atoms with Crippen molar-refractivity contribution in [2.45, 2.75) is 6.42 Å².